The molecule has 1 rings (SSSR count). The van der Waals surface area contributed by atoms with Crippen LogP contribution >= 0.6 is 7.81 Å². The van der Waals surface area contributed by atoms with Crippen molar-refractivity contribution in [2.45, 2.75) is 19.3 Å². The first kappa shape index (κ1) is 14.0. The average molecular weight is 245 g/mol. The van der Waals surface area contributed by atoms with E-state index < -0.39 is 7.81 Å². The van der Waals surface area contributed by atoms with Gasteiger partial charge in [0.05, 0.1) is 20.1 Å². The molecule has 0 aromatic carbocycles. The van der Waals surface area contributed by atoms with Crippen molar-refractivity contribution in [1.29, 1.82) is 0 Å². The number of likely N-dealkylation sites (tertiary alicyclic amines) is 1. The third-order valence-corrected chi connectivity index (χ3v) is 1.71. The van der Waals surface area contributed by atoms with Crippen LogP contribution in [-0.4, -0.2) is 20.1 Å². The van der Waals surface area contributed by atoms with Gasteiger partial charge in [0.25, 0.3) is 0 Å². The summed E-state index contributed by atoms with van der Waals surface area (Å²) >= 11 is 0. The van der Waals surface area contributed by atoms with Gasteiger partial charge in [0.15, 0.2) is 0 Å². The molecule has 0 aromatic heterocycles. The Morgan fingerprint density at radius 2 is 1.07 bits per heavy atom. The molecule has 14 heavy (non-hydrogen) atoms. The second-order valence-electron chi connectivity index (χ2n) is 3.48. The topological polar surface area (TPSA) is 4.44 Å². The standard InChI is InChI=1S/C6H13N.F6P/c1-7-5-3-2-4-6-7;1-7(2,3,4,5)6/h2-6H2,1H3;/q;-1/p+1. The summed E-state index contributed by atoms with van der Waals surface area (Å²) < 4.78 is 59.2. The van der Waals surface area contributed by atoms with Gasteiger partial charge in [-0.25, -0.2) is 0 Å². The molecule has 0 amide bonds. The fourth-order valence-corrected chi connectivity index (χ4v) is 1.16. The van der Waals surface area contributed by atoms with Crippen molar-refractivity contribution in [2.24, 2.45) is 0 Å². The van der Waals surface area contributed by atoms with E-state index in [1.807, 2.05) is 0 Å². The number of nitrogens with one attached hydrogen (secondary N) is 1. The minimum atomic E-state index is -10.7. The zero-order valence-electron chi connectivity index (χ0n) is 7.75. The van der Waals surface area contributed by atoms with Crippen LogP contribution in [0, 0.1) is 0 Å². The van der Waals surface area contributed by atoms with E-state index in [1.165, 1.54) is 32.4 Å². The maximum absolute atomic E-state index is 10.7. The van der Waals surface area contributed by atoms with Crippen LogP contribution in [0.1, 0.15) is 19.3 Å². The molecule has 1 heterocycles. The summed E-state index contributed by atoms with van der Waals surface area (Å²) in [7, 11) is -8.38. The van der Waals surface area contributed by atoms with E-state index in [0.29, 0.717) is 0 Å². The SMILES string of the molecule is C[NH+]1CCCCC1.F[P-](F)(F)(F)(F)F. The summed E-state index contributed by atoms with van der Waals surface area (Å²) in [6.07, 6.45) is 4.37. The molecule has 1 saturated heterocycles. The number of piperidine rings is 1. The van der Waals surface area contributed by atoms with Gasteiger partial charge in [0.1, 0.15) is 0 Å². The van der Waals surface area contributed by atoms with E-state index in [-0.39, 0.29) is 0 Å². The molecule has 0 spiro atoms. The van der Waals surface area contributed by atoms with Gasteiger partial charge < -0.3 is 4.90 Å². The number of hydrogen-bond acceptors (Lipinski definition) is 0. The third kappa shape index (κ3) is 22.7. The minimum absolute atomic E-state index is 1.40. The number of quaternary nitrogens is 1. The average Bonchev–Trinajstić information content (AvgIpc) is 1.81. The van der Waals surface area contributed by atoms with Crippen molar-refractivity contribution in [2.75, 3.05) is 20.1 Å². The van der Waals surface area contributed by atoms with E-state index >= 15 is 0 Å². The molecular weight excluding hydrogens is 231 g/mol. The molecule has 0 radical (unpaired) electrons. The second kappa shape index (κ2) is 3.52. The fraction of sp³-hybridized carbons (Fsp3) is 1.00. The predicted octanol–water partition coefficient (Wildman–Crippen LogP) is 3.07. The Morgan fingerprint density at radius 1 is 0.786 bits per heavy atom. The Bertz CT molecular complexity index is 166. The number of hydrogen-bond donors (Lipinski definition) is 1. The van der Waals surface area contributed by atoms with Crippen LogP contribution < -0.4 is 4.90 Å². The Hall–Kier alpha value is -0.0300. The monoisotopic (exact) mass is 245 g/mol. The summed E-state index contributed by atoms with van der Waals surface area (Å²) in [6, 6.07) is 0. The van der Waals surface area contributed by atoms with Crippen LogP contribution in [0.15, 0.2) is 0 Å². The van der Waals surface area contributed by atoms with Gasteiger partial charge in [0, 0.05) is 0 Å². The molecule has 1 fully saturated rings. The van der Waals surface area contributed by atoms with Crippen molar-refractivity contribution in [1.82, 2.24) is 0 Å². The summed E-state index contributed by atoms with van der Waals surface area (Å²) in [5, 5.41) is 0. The van der Waals surface area contributed by atoms with Crippen molar-refractivity contribution >= 4 is 7.81 Å². The van der Waals surface area contributed by atoms with Crippen LogP contribution in [0.25, 0.3) is 0 Å². The van der Waals surface area contributed by atoms with E-state index in [2.05, 4.69) is 7.05 Å². The normalized spacial score (nSPS) is 24.2. The van der Waals surface area contributed by atoms with Gasteiger partial charge in [-0.2, -0.15) is 0 Å². The van der Waals surface area contributed by atoms with Crippen molar-refractivity contribution < 1.29 is 30.1 Å². The molecular formula is C6H14F6NP. The van der Waals surface area contributed by atoms with Crippen molar-refractivity contribution in [3.8, 4) is 0 Å². The molecule has 0 aromatic rings. The first-order valence-electron chi connectivity index (χ1n) is 4.22. The van der Waals surface area contributed by atoms with E-state index in [9.17, 15) is 25.2 Å². The molecule has 1 aliphatic rings. The van der Waals surface area contributed by atoms with Crippen molar-refractivity contribution in [3.05, 3.63) is 0 Å². The molecule has 8 heteroatoms. The fourth-order valence-electron chi connectivity index (χ4n) is 1.16. The van der Waals surface area contributed by atoms with Gasteiger partial charge in [-0.05, 0) is 19.3 Å². The third-order valence-electron chi connectivity index (χ3n) is 1.71. The zero-order valence-corrected chi connectivity index (χ0v) is 8.64. The Kier molecular flexibility index (Phi) is 3.51. The summed E-state index contributed by atoms with van der Waals surface area (Å²) in [4.78, 5) is 1.71. The summed E-state index contributed by atoms with van der Waals surface area (Å²) in [5.74, 6) is 0. The van der Waals surface area contributed by atoms with Crippen LogP contribution in [0.3, 0.4) is 0 Å². The van der Waals surface area contributed by atoms with Gasteiger partial charge in [-0.1, -0.05) is 0 Å². The van der Waals surface area contributed by atoms with Gasteiger partial charge >= 0.3 is 33.0 Å². The first-order chi connectivity index (χ1) is 5.84. The molecule has 0 bridgehead atoms. The molecule has 1 N–H and O–H groups in total. The van der Waals surface area contributed by atoms with Gasteiger partial charge in [0.2, 0.25) is 0 Å². The van der Waals surface area contributed by atoms with Crippen LogP contribution in [-0.2, 0) is 0 Å². The maximum atomic E-state index is 9.87. The van der Waals surface area contributed by atoms with E-state index in [0.717, 1.165) is 0 Å². The zero-order chi connectivity index (χ0) is 11.5. The molecule has 0 unspecified atom stereocenters. The summed E-state index contributed by atoms with van der Waals surface area (Å²) in [6.45, 7) is 2.81. The second-order valence-corrected chi connectivity index (χ2v) is 5.39. The molecule has 0 atom stereocenters. The quantitative estimate of drug-likeness (QED) is 0.494. The predicted molar refractivity (Wildman–Crippen MR) is 44.0 cm³/mol. The van der Waals surface area contributed by atoms with Crippen molar-refractivity contribution in [3.63, 3.8) is 0 Å². The number of halogens is 6. The van der Waals surface area contributed by atoms with Crippen LogP contribution in [0.2, 0.25) is 0 Å². The first-order valence-corrected chi connectivity index (χ1v) is 6.25. The molecule has 1 nitrogen and oxygen atoms in total. The Morgan fingerprint density at radius 3 is 1.21 bits per heavy atom. The number of rotatable bonds is 0. The Balaban J connectivity index is 0.000000241. The molecule has 90 valence electrons. The Labute approximate surface area is 78.3 Å². The van der Waals surface area contributed by atoms with Gasteiger partial charge in [-0.3, -0.25) is 0 Å². The van der Waals surface area contributed by atoms with Crippen LogP contribution in [0.5, 0.6) is 0 Å². The molecule has 0 aliphatic carbocycles. The molecule has 1 aliphatic heterocycles. The van der Waals surface area contributed by atoms with E-state index in [4.69, 9.17) is 0 Å². The molecule has 0 saturated carbocycles. The summed E-state index contributed by atoms with van der Waals surface area (Å²) in [5.41, 5.74) is 0. The van der Waals surface area contributed by atoms with Gasteiger partial charge in [-0.15, -0.1) is 0 Å². The van der Waals surface area contributed by atoms with E-state index in [1.54, 1.807) is 4.90 Å². The van der Waals surface area contributed by atoms with Crippen LogP contribution in [0.4, 0.5) is 25.2 Å².